The first-order valence-corrected chi connectivity index (χ1v) is 5.76. The maximum absolute atomic E-state index is 11.7. The summed E-state index contributed by atoms with van der Waals surface area (Å²) >= 11 is 0. The number of rotatable bonds is 7. The van der Waals surface area contributed by atoms with Crippen LogP contribution in [0.3, 0.4) is 0 Å². The van der Waals surface area contributed by atoms with Crippen LogP contribution in [0.4, 0.5) is 4.79 Å². The van der Waals surface area contributed by atoms with Crippen molar-refractivity contribution >= 4 is 18.0 Å². The van der Waals surface area contributed by atoms with Crippen LogP contribution in [0, 0.1) is 5.92 Å². The molecule has 110 valence electrons. The highest BCUT2D eigenvalue weighted by Crippen LogP contribution is 2.02. The van der Waals surface area contributed by atoms with E-state index in [0.717, 1.165) is 0 Å². The Kier molecular flexibility index (Phi) is 7.50. The van der Waals surface area contributed by atoms with Crippen molar-refractivity contribution in [2.45, 2.75) is 19.4 Å². The molecule has 0 aromatic carbocycles. The normalized spacial score (nSPS) is 13.3. The van der Waals surface area contributed by atoms with E-state index in [2.05, 4.69) is 10.1 Å². The molecule has 0 aromatic heterocycles. The van der Waals surface area contributed by atoms with E-state index >= 15 is 0 Å². The van der Waals surface area contributed by atoms with Gasteiger partial charge in [-0.3, -0.25) is 4.79 Å². The largest absolute Gasteiger partial charge is 0.480 e. The number of aliphatic carboxylic acids is 1. The zero-order valence-corrected chi connectivity index (χ0v) is 11.3. The molecule has 0 saturated heterocycles. The van der Waals surface area contributed by atoms with Crippen molar-refractivity contribution < 1.29 is 29.3 Å². The number of carbonyl (C=O) groups is 3. The van der Waals surface area contributed by atoms with Crippen molar-refractivity contribution in [3.63, 3.8) is 0 Å². The number of hydrogen-bond donors (Lipinski definition) is 3. The molecule has 0 saturated carbocycles. The third-order valence-electron chi connectivity index (χ3n) is 2.51. The van der Waals surface area contributed by atoms with E-state index < -0.39 is 29.9 Å². The van der Waals surface area contributed by atoms with E-state index in [1.807, 2.05) is 0 Å². The lowest BCUT2D eigenvalue weighted by Crippen LogP contribution is -2.48. The van der Waals surface area contributed by atoms with Crippen LogP contribution < -0.4 is 5.32 Å². The van der Waals surface area contributed by atoms with Gasteiger partial charge in [0.2, 0.25) is 0 Å². The molecule has 1 unspecified atom stereocenters. The molecule has 8 nitrogen and oxygen atoms in total. The van der Waals surface area contributed by atoms with Gasteiger partial charge in [-0.05, 0) is 0 Å². The molecule has 0 fully saturated rings. The summed E-state index contributed by atoms with van der Waals surface area (Å²) in [5.74, 6) is -2.19. The van der Waals surface area contributed by atoms with Crippen LogP contribution >= 0.6 is 0 Å². The Bertz CT molecular complexity index is 333. The van der Waals surface area contributed by atoms with E-state index in [1.165, 1.54) is 19.1 Å². The topological polar surface area (TPSA) is 116 Å². The van der Waals surface area contributed by atoms with Crippen molar-refractivity contribution in [1.82, 2.24) is 10.2 Å². The lowest BCUT2D eigenvalue weighted by atomic mass is 10.2. The van der Waals surface area contributed by atoms with Gasteiger partial charge in [-0.15, -0.1) is 0 Å². The molecule has 3 N–H and O–H groups in total. The first-order valence-electron chi connectivity index (χ1n) is 5.76. The van der Waals surface area contributed by atoms with Gasteiger partial charge >= 0.3 is 18.0 Å². The van der Waals surface area contributed by atoms with Gasteiger partial charge in [-0.1, -0.05) is 6.92 Å². The molecule has 19 heavy (non-hydrogen) atoms. The Labute approximate surface area is 111 Å². The number of hydrogen-bond acceptors (Lipinski definition) is 5. The smallest absolute Gasteiger partial charge is 0.326 e. The van der Waals surface area contributed by atoms with Gasteiger partial charge in [0.15, 0.2) is 0 Å². The van der Waals surface area contributed by atoms with Crippen molar-refractivity contribution in [2.75, 3.05) is 27.3 Å². The van der Waals surface area contributed by atoms with E-state index in [9.17, 15) is 14.4 Å². The zero-order valence-electron chi connectivity index (χ0n) is 11.3. The van der Waals surface area contributed by atoms with Gasteiger partial charge in [-0.25, -0.2) is 9.59 Å². The van der Waals surface area contributed by atoms with Crippen molar-refractivity contribution in [1.29, 1.82) is 0 Å². The van der Waals surface area contributed by atoms with E-state index in [4.69, 9.17) is 10.2 Å². The fourth-order valence-electron chi connectivity index (χ4n) is 1.42. The van der Waals surface area contributed by atoms with Crippen LogP contribution in [0.15, 0.2) is 0 Å². The molecule has 0 rings (SSSR count). The molecule has 0 spiro atoms. The highest BCUT2D eigenvalue weighted by atomic mass is 16.5. The standard InChI is InChI=1S/C11H20N2O6/c1-7(10(17)19-3)6-13(2)11(18)12-8(4-5-14)9(15)16/h7-8,14H,4-6H2,1-3H3,(H,12,18)(H,15,16)/t7?,8-/m0/s1. The van der Waals surface area contributed by atoms with Crippen LogP contribution in [0.25, 0.3) is 0 Å². The molecule has 0 aromatic rings. The third kappa shape index (κ3) is 6.05. The average molecular weight is 276 g/mol. The fraction of sp³-hybridized carbons (Fsp3) is 0.727. The minimum Gasteiger partial charge on any atom is -0.480 e. The van der Waals surface area contributed by atoms with E-state index in [-0.39, 0.29) is 19.6 Å². The number of carbonyl (C=O) groups excluding carboxylic acids is 2. The second kappa shape index (κ2) is 8.30. The Hall–Kier alpha value is -1.83. The Morgan fingerprint density at radius 2 is 1.95 bits per heavy atom. The zero-order chi connectivity index (χ0) is 15.0. The van der Waals surface area contributed by atoms with Crippen molar-refractivity contribution in [3.8, 4) is 0 Å². The summed E-state index contributed by atoms with van der Waals surface area (Å²) < 4.78 is 4.53. The van der Waals surface area contributed by atoms with Crippen LogP contribution in [0.5, 0.6) is 0 Å². The van der Waals surface area contributed by atoms with Gasteiger partial charge in [-0.2, -0.15) is 0 Å². The van der Waals surface area contributed by atoms with Crippen LogP contribution in [-0.2, 0) is 14.3 Å². The summed E-state index contributed by atoms with van der Waals surface area (Å²) in [5.41, 5.74) is 0. The second-order valence-corrected chi connectivity index (χ2v) is 4.16. The summed E-state index contributed by atoms with van der Waals surface area (Å²) in [6, 6.07) is -1.79. The number of urea groups is 1. The van der Waals surface area contributed by atoms with Gasteiger partial charge in [0.05, 0.1) is 13.0 Å². The fourth-order valence-corrected chi connectivity index (χ4v) is 1.42. The minimum atomic E-state index is -1.23. The van der Waals surface area contributed by atoms with Crippen molar-refractivity contribution in [3.05, 3.63) is 0 Å². The molecule has 0 aliphatic rings. The van der Waals surface area contributed by atoms with Gasteiger partial charge in [0.1, 0.15) is 6.04 Å². The Balaban J connectivity index is 4.40. The number of nitrogens with one attached hydrogen (secondary N) is 1. The molecule has 0 aliphatic heterocycles. The molecule has 2 atom stereocenters. The Morgan fingerprint density at radius 1 is 1.37 bits per heavy atom. The maximum atomic E-state index is 11.7. The van der Waals surface area contributed by atoms with E-state index in [1.54, 1.807) is 6.92 Å². The van der Waals surface area contributed by atoms with E-state index in [0.29, 0.717) is 0 Å². The molecule has 0 aliphatic carbocycles. The molecule has 0 radical (unpaired) electrons. The van der Waals surface area contributed by atoms with Crippen molar-refractivity contribution in [2.24, 2.45) is 5.92 Å². The Morgan fingerprint density at radius 3 is 2.37 bits per heavy atom. The number of carboxylic acids is 1. The first kappa shape index (κ1) is 17.2. The highest BCUT2D eigenvalue weighted by molar-refractivity contribution is 5.82. The SMILES string of the molecule is COC(=O)C(C)CN(C)C(=O)N[C@@H](CCO)C(=O)O. The van der Waals surface area contributed by atoms with Gasteiger partial charge in [0.25, 0.3) is 0 Å². The average Bonchev–Trinajstić information content (AvgIpc) is 2.36. The molecule has 0 bridgehead atoms. The number of ether oxygens (including phenoxy) is 1. The summed E-state index contributed by atoms with van der Waals surface area (Å²) in [5, 5.41) is 19.8. The number of esters is 1. The molecular formula is C11H20N2O6. The monoisotopic (exact) mass is 276 g/mol. The summed E-state index contributed by atoms with van der Waals surface area (Å²) in [6.45, 7) is 1.35. The predicted octanol–water partition coefficient (Wildman–Crippen LogP) is -0.727. The number of aliphatic hydroxyl groups excluding tert-OH is 1. The minimum absolute atomic E-state index is 0.0819. The predicted molar refractivity (Wildman–Crippen MR) is 65.5 cm³/mol. The van der Waals surface area contributed by atoms with Gasteiger partial charge in [0, 0.05) is 26.6 Å². The van der Waals surface area contributed by atoms with Crippen LogP contribution in [0.1, 0.15) is 13.3 Å². The quantitative estimate of drug-likeness (QED) is 0.528. The molecular weight excluding hydrogens is 256 g/mol. The van der Waals surface area contributed by atoms with Crippen LogP contribution in [-0.4, -0.2) is 66.4 Å². The third-order valence-corrected chi connectivity index (χ3v) is 2.51. The first-order chi connectivity index (χ1) is 8.83. The lowest BCUT2D eigenvalue weighted by Gasteiger charge is -2.23. The second-order valence-electron chi connectivity index (χ2n) is 4.16. The van der Waals surface area contributed by atoms with Gasteiger partial charge < -0.3 is 25.2 Å². The summed E-state index contributed by atoms with van der Waals surface area (Å²) in [7, 11) is 2.69. The number of carboxylic acid groups (broad SMARTS) is 1. The summed E-state index contributed by atoms with van der Waals surface area (Å²) in [4.78, 5) is 34.9. The number of aliphatic hydroxyl groups is 1. The number of amides is 2. The molecule has 0 heterocycles. The number of nitrogens with zero attached hydrogens (tertiary/aromatic N) is 1. The van der Waals surface area contributed by atoms with Crippen LogP contribution in [0.2, 0.25) is 0 Å². The number of methoxy groups -OCH3 is 1. The maximum Gasteiger partial charge on any atom is 0.326 e. The molecule has 2 amide bonds. The lowest BCUT2D eigenvalue weighted by molar-refractivity contribution is -0.145. The molecule has 8 heteroatoms. The highest BCUT2D eigenvalue weighted by Gasteiger charge is 2.23. The summed E-state index contributed by atoms with van der Waals surface area (Å²) in [6.07, 6.45) is -0.0819.